The minimum absolute atomic E-state index is 0.250. The van der Waals surface area contributed by atoms with Crippen molar-refractivity contribution in [1.82, 2.24) is 0 Å². The van der Waals surface area contributed by atoms with Gasteiger partial charge in [0.25, 0.3) is 0 Å². The number of phenols is 1. The lowest BCUT2D eigenvalue weighted by molar-refractivity contribution is -0.193. The zero-order valence-corrected chi connectivity index (χ0v) is 14.0. The van der Waals surface area contributed by atoms with E-state index < -0.39 is 0 Å². The van der Waals surface area contributed by atoms with Gasteiger partial charge in [-0.3, -0.25) is 4.79 Å². The van der Waals surface area contributed by atoms with Crippen molar-refractivity contribution in [2.45, 2.75) is 20.8 Å². The fourth-order valence-electron chi connectivity index (χ4n) is 1.47. The third kappa shape index (κ3) is 16.7. The average Bonchev–Trinajstić information content (AvgIpc) is 2.48. The molecule has 0 saturated heterocycles. The molecule has 0 aliphatic heterocycles. The van der Waals surface area contributed by atoms with Crippen molar-refractivity contribution in [2.75, 3.05) is 0 Å². The summed E-state index contributed by atoms with van der Waals surface area (Å²) in [6.45, 7) is 5.29. The maximum atomic E-state index is 10.5. The topological polar surface area (TPSA) is 115 Å². The van der Waals surface area contributed by atoms with Gasteiger partial charge in [-0.05, 0) is 49.2 Å². The molecule has 0 heterocycles. The number of carbonyl (C=O) groups excluding carboxylic acids is 5. The van der Waals surface area contributed by atoms with E-state index >= 15 is 0 Å². The number of esters is 1. The van der Waals surface area contributed by atoms with E-state index in [1.165, 1.54) is 6.92 Å². The highest BCUT2D eigenvalue weighted by Crippen LogP contribution is 2.12. The summed E-state index contributed by atoms with van der Waals surface area (Å²) in [5.41, 5.74) is 2.17. The summed E-state index contributed by atoms with van der Waals surface area (Å²) in [4.78, 5) is 43.0. The fourth-order valence-corrected chi connectivity index (χ4v) is 1.47. The number of hydrogen-bond acceptors (Lipinski definition) is 7. The number of phenolic OH excluding ortho intramolecular Hbond substituents is 1. The van der Waals surface area contributed by atoms with Crippen molar-refractivity contribution >= 4 is 18.3 Å². The Morgan fingerprint density at radius 1 is 0.880 bits per heavy atom. The Hall–Kier alpha value is -3.53. The summed E-state index contributed by atoms with van der Waals surface area (Å²) < 4.78 is 4.86. The van der Waals surface area contributed by atoms with E-state index in [1.807, 2.05) is 44.2 Å². The number of aromatic hydroxyl groups is 1. The molecule has 25 heavy (non-hydrogen) atoms. The monoisotopic (exact) mass is 346 g/mol. The van der Waals surface area contributed by atoms with Crippen LogP contribution in [0.2, 0.25) is 0 Å². The third-order valence-electron chi connectivity index (χ3n) is 2.25. The molecule has 0 fully saturated rings. The van der Waals surface area contributed by atoms with Crippen LogP contribution in [0, 0.1) is 13.8 Å². The van der Waals surface area contributed by atoms with Crippen LogP contribution < -0.4 is 4.74 Å². The Labute approximate surface area is 144 Å². The van der Waals surface area contributed by atoms with Crippen molar-refractivity contribution in [1.29, 1.82) is 0 Å². The van der Waals surface area contributed by atoms with Crippen LogP contribution in [-0.2, 0) is 24.0 Å². The standard InChI is InChI=1S/C9H10O2.C7H8O.2CO2/c1-7-4-3-5-9(6-7)11-8(2)10;1-6-3-2-4-7(8)5-6;2*2-1-3/h3-6H,1-2H3;2-5,8H,1H3;;. The molecule has 1 N–H and O–H groups in total. The zero-order chi connectivity index (χ0) is 19.7. The van der Waals surface area contributed by atoms with Gasteiger partial charge >= 0.3 is 18.3 Å². The molecule has 0 saturated carbocycles. The maximum absolute atomic E-state index is 10.5. The molecule has 0 atom stereocenters. The van der Waals surface area contributed by atoms with Gasteiger partial charge in [-0.15, -0.1) is 0 Å². The molecule has 0 aliphatic rings. The van der Waals surface area contributed by atoms with Crippen LogP contribution in [-0.4, -0.2) is 23.4 Å². The second kappa shape index (κ2) is 15.4. The largest absolute Gasteiger partial charge is 0.508 e. The van der Waals surface area contributed by atoms with E-state index in [-0.39, 0.29) is 18.3 Å². The molecular formula is C18H18O7. The molecule has 7 heteroatoms. The van der Waals surface area contributed by atoms with E-state index in [0.717, 1.165) is 11.1 Å². The van der Waals surface area contributed by atoms with Crippen LogP contribution in [0.3, 0.4) is 0 Å². The summed E-state index contributed by atoms with van der Waals surface area (Å²) in [5, 5.41) is 8.81. The summed E-state index contributed by atoms with van der Waals surface area (Å²) in [5.74, 6) is 0.665. The van der Waals surface area contributed by atoms with Gasteiger partial charge in [0.2, 0.25) is 0 Å². The minimum Gasteiger partial charge on any atom is -0.508 e. The summed E-state index contributed by atoms with van der Waals surface area (Å²) in [6, 6.07) is 14.5. The molecule has 0 amide bonds. The van der Waals surface area contributed by atoms with Gasteiger partial charge in [-0.25, -0.2) is 0 Å². The SMILES string of the molecule is CC(=O)Oc1cccc(C)c1.Cc1cccc(O)c1.O=C=O.O=C=O. The predicted molar refractivity (Wildman–Crippen MR) is 85.3 cm³/mol. The molecule has 7 nitrogen and oxygen atoms in total. The Morgan fingerprint density at radius 3 is 1.64 bits per heavy atom. The maximum Gasteiger partial charge on any atom is 0.373 e. The first-order valence-electron chi connectivity index (χ1n) is 6.80. The van der Waals surface area contributed by atoms with Gasteiger partial charge in [-0.2, -0.15) is 19.2 Å². The first kappa shape index (κ1) is 23.7. The van der Waals surface area contributed by atoms with Crippen LogP contribution in [0.15, 0.2) is 48.5 Å². The van der Waals surface area contributed by atoms with Gasteiger partial charge < -0.3 is 9.84 Å². The minimum atomic E-state index is -0.282. The Morgan fingerprint density at radius 2 is 1.32 bits per heavy atom. The second-order valence-corrected chi connectivity index (χ2v) is 4.42. The van der Waals surface area contributed by atoms with E-state index in [1.54, 1.807) is 18.2 Å². The van der Waals surface area contributed by atoms with E-state index in [9.17, 15) is 4.79 Å². The number of rotatable bonds is 1. The molecule has 0 aromatic heterocycles. The molecule has 0 spiro atoms. The quantitative estimate of drug-likeness (QED) is 0.623. The summed E-state index contributed by atoms with van der Waals surface area (Å²) in [7, 11) is 0. The highest BCUT2D eigenvalue weighted by atomic mass is 16.5. The second-order valence-electron chi connectivity index (χ2n) is 4.42. The zero-order valence-electron chi connectivity index (χ0n) is 14.0. The predicted octanol–water partition coefficient (Wildman–Crippen LogP) is 2.45. The van der Waals surface area contributed by atoms with E-state index in [4.69, 9.17) is 29.0 Å². The lowest BCUT2D eigenvalue weighted by Gasteiger charge is -2.00. The van der Waals surface area contributed by atoms with Crippen molar-refractivity contribution in [3.05, 3.63) is 59.7 Å². The average molecular weight is 346 g/mol. The number of carbonyl (C=O) groups is 1. The van der Waals surface area contributed by atoms with Crippen LogP contribution in [0.4, 0.5) is 0 Å². The number of hydrogen-bond donors (Lipinski definition) is 1. The number of aryl methyl sites for hydroxylation is 2. The number of benzene rings is 2. The Bertz CT molecular complexity index is 682. The normalized spacial score (nSPS) is 7.64. The first-order valence-corrected chi connectivity index (χ1v) is 6.80. The molecule has 132 valence electrons. The fraction of sp³-hybridized carbons (Fsp3) is 0.167. The molecule has 2 aromatic carbocycles. The van der Waals surface area contributed by atoms with Gasteiger partial charge in [0.05, 0.1) is 0 Å². The van der Waals surface area contributed by atoms with Crippen molar-refractivity contribution in [2.24, 2.45) is 0 Å². The molecular weight excluding hydrogens is 328 g/mol. The lowest BCUT2D eigenvalue weighted by Crippen LogP contribution is -2.00. The van der Waals surface area contributed by atoms with Gasteiger partial charge in [0, 0.05) is 6.92 Å². The highest BCUT2D eigenvalue weighted by Gasteiger charge is 1.95. The van der Waals surface area contributed by atoms with Crippen LogP contribution in [0.5, 0.6) is 11.5 Å². The molecule has 0 radical (unpaired) electrons. The van der Waals surface area contributed by atoms with Gasteiger partial charge in [0.1, 0.15) is 11.5 Å². The van der Waals surface area contributed by atoms with Crippen molar-refractivity contribution < 1.29 is 33.8 Å². The Kier molecular flexibility index (Phi) is 14.6. The van der Waals surface area contributed by atoms with Crippen LogP contribution in [0.25, 0.3) is 0 Å². The number of ether oxygens (including phenoxy) is 1. The van der Waals surface area contributed by atoms with Gasteiger partial charge in [-0.1, -0.05) is 24.3 Å². The Balaban J connectivity index is 0. The smallest absolute Gasteiger partial charge is 0.373 e. The molecule has 2 rings (SSSR count). The van der Waals surface area contributed by atoms with Crippen LogP contribution in [0.1, 0.15) is 18.1 Å². The molecule has 0 aliphatic carbocycles. The summed E-state index contributed by atoms with van der Waals surface area (Å²) >= 11 is 0. The van der Waals surface area contributed by atoms with Crippen molar-refractivity contribution in [3.63, 3.8) is 0 Å². The van der Waals surface area contributed by atoms with Crippen molar-refractivity contribution in [3.8, 4) is 11.5 Å². The first-order chi connectivity index (χ1) is 11.8. The van der Waals surface area contributed by atoms with Gasteiger partial charge in [0.15, 0.2) is 0 Å². The van der Waals surface area contributed by atoms with E-state index in [2.05, 4.69) is 0 Å². The third-order valence-corrected chi connectivity index (χ3v) is 2.25. The van der Waals surface area contributed by atoms with Crippen LogP contribution >= 0.6 is 0 Å². The molecule has 0 bridgehead atoms. The van der Waals surface area contributed by atoms with E-state index in [0.29, 0.717) is 11.5 Å². The summed E-state index contributed by atoms with van der Waals surface area (Å²) in [6.07, 6.45) is 0.500. The molecule has 2 aromatic rings. The lowest BCUT2D eigenvalue weighted by atomic mass is 10.2. The highest BCUT2D eigenvalue weighted by molar-refractivity contribution is 5.69. The molecule has 0 unspecified atom stereocenters.